The van der Waals surface area contributed by atoms with Crippen molar-refractivity contribution in [3.8, 4) is 11.5 Å². The summed E-state index contributed by atoms with van der Waals surface area (Å²) in [5, 5.41) is 5.89. The molecule has 3 rings (SSSR count). The van der Waals surface area contributed by atoms with E-state index in [0.29, 0.717) is 26.8 Å². The van der Waals surface area contributed by atoms with Crippen LogP contribution in [-0.2, 0) is 0 Å². The van der Waals surface area contributed by atoms with Gasteiger partial charge in [-0.2, -0.15) is 0 Å². The Bertz CT molecular complexity index is 757. The minimum absolute atomic E-state index is 0.201. The van der Waals surface area contributed by atoms with Crippen LogP contribution in [0.15, 0.2) is 34.9 Å². The topological polar surface area (TPSA) is 72.5 Å². The van der Waals surface area contributed by atoms with Crippen molar-refractivity contribution >= 4 is 39.2 Å². The number of carbonyl (C=O) groups is 1. The Balaban J connectivity index is 1.64. The first-order valence-corrected chi connectivity index (χ1v) is 7.98. The van der Waals surface area contributed by atoms with Gasteiger partial charge in [0.1, 0.15) is 5.15 Å². The molecular formula is C15H13BrClN3O3. The van der Waals surface area contributed by atoms with Gasteiger partial charge in [0.2, 0.25) is 6.79 Å². The second-order valence-electron chi connectivity index (χ2n) is 4.93. The summed E-state index contributed by atoms with van der Waals surface area (Å²) in [4.78, 5) is 16.0. The number of ether oxygens (including phenoxy) is 2. The Morgan fingerprint density at radius 2 is 2.13 bits per heavy atom. The SMILES string of the molecule is C[C@@H](NC(=O)Nc1cnc(Cl)c(Br)c1)c1ccc2c(c1)OCO2. The van der Waals surface area contributed by atoms with E-state index in [9.17, 15) is 4.79 Å². The van der Waals surface area contributed by atoms with Crippen LogP contribution < -0.4 is 20.1 Å². The predicted molar refractivity (Wildman–Crippen MR) is 90.1 cm³/mol. The van der Waals surface area contributed by atoms with E-state index in [1.165, 1.54) is 6.20 Å². The van der Waals surface area contributed by atoms with Gasteiger partial charge in [0.25, 0.3) is 0 Å². The lowest BCUT2D eigenvalue weighted by molar-refractivity contribution is 0.174. The number of anilines is 1. The van der Waals surface area contributed by atoms with E-state index >= 15 is 0 Å². The number of pyridine rings is 1. The molecule has 0 aliphatic carbocycles. The van der Waals surface area contributed by atoms with Crippen LogP contribution in [-0.4, -0.2) is 17.8 Å². The van der Waals surface area contributed by atoms with Crippen molar-refractivity contribution in [1.29, 1.82) is 0 Å². The largest absolute Gasteiger partial charge is 0.454 e. The Labute approximate surface area is 146 Å². The molecule has 1 atom stereocenters. The van der Waals surface area contributed by atoms with Crippen LogP contribution in [0.3, 0.4) is 0 Å². The molecule has 1 aromatic carbocycles. The van der Waals surface area contributed by atoms with Gasteiger partial charge in [-0.15, -0.1) is 0 Å². The Kier molecular flexibility index (Phi) is 4.58. The second-order valence-corrected chi connectivity index (χ2v) is 6.14. The number of hydrogen-bond donors (Lipinski definition) is 2. The van der Waals surface area contributed by atoms with Crippen LogP contribution in [0.5, 0.6) is 11.5 Å². The molecule has 0 saturated heterocycles. The summed E-state index contributed by atoms with van der Waals surface area (Å²) in [5.41, 5.74) is 1.46. The zero-order chi connectivity index (χ0) is 16.4. The highest BCUT2D eigenvalue weighted by Crippen LogP contribution is 2.34. The standard InChI is InChI=1S/C15H13BrClN3O3/c1-8(9-2-3-12-13(4-9)23-7-22-12)19-15(21)20-10-5-11(16)14(17)18-6-10/h2-6,8H,7H2,1H3,(H2,19,20,21)/t8-/m1/s1. The second kappa shape index (κ2) is 6.64. The fourth-order valence-electron chi connectivity index (χ4n) is 2.12. The number of nitrogens with one attached hydrogen (secondary N) is 2. The average Bonchev–Trinajstić information content (AvgIpc) is 2.98. The van der Waals surface area contributed by atoms with Crippen LogP contribution in [0.25, 0.3) is 0 Å². The third-order valence-electron chi connectivity index (χ3n) is 3.30. The van der Waals surface area contributed by atoms with Gasteiger partial charge in [-0.3, -0.25) is 0 Å². The summed E-state index contributed by atoms with van der Waals surface area (Å²) in [6.45, 7) is 2.10. The van der Waals surface area contributed by atoms with Crippen molar-refractivity contribution in [1.82, 2.24) is 10.3 Å². The van der Waals surface area contributed by atoms with Crippen molar-refractivity contribution < 1.29 is 14.3 Å². The molecule has 2 amide bonds. The molecule has 0 spiro atoms. The van der Waals surface area contributed by atoms with E-state index in [-0.39, 0.29) is 18.9 Å². The van der Waals surface area contributed by atoms with Crippen molar-refractivity contribution in [2.45, 2.75) is 13.0 Å². The number of urea groups is 1. The van der Waals surface area contributed by atoms with Crippen LogP contribution in [0.4, 0.5) is 10.5 Å². The molecule has 0 unspecified atom stereocenters. The van der Waals surface area contributed by atoms with Gasteiger partial charge < -0.3 is 20.1 Å². The number of aromatic nitrogens is 1. The first kappa shape index (κ1) is 15.9. The Morgan fingerprint density at radius 1 is 1.35 bits per heavy atom. The van der Waals surface area contributed by atoms with E-state index < -0.39 is 0 Å². The molecule has 120 valence electrons. The highest BCUT2D eigenvalue weighted by molar-refractivity contribution is 9.10. The van der Waals surface area contributed by atoms with Gasteiger partial charge in [0, 0.05) is 0 Å². The zero-order valence-electron chi connectivity index (χ0n) is 12.1. The number of benzene rings is 1. The summed E-state index contributed by atoms with van der Waals surface area (Å²) in [7, 11) is 0. The lowest BCUT2D eigenvalue weighted by Gasteiger charge is -2.15. The quantitative estimate of drug-likeness (QED) is 0.763. The molecule has 23 heavy (non-hydrogen) atoms. The van der Waals surface area contributed by atoms with E-state index in [2.05, 4.69) is 31.5 Å². The first-order valence-electron chi connectivity index (χ1n) is 6.81. The maximum Gasteiger partial charge on any atom is 0.319 e. The maximum absolute atomic E-state index is 12.1. The fraction of sp³-hybridized carbons (Fsp3) is 0.200. The average molecular weight is 399 g/mol. The molecule has 1 aliphatic heterocycles. The number of carbonyl (C=O) groups excluding carboxylic acids is 1. The van der Waals surface area contributed by atoms with Crippen molar-refractivity contribution in [2.24, 2.45) is 0 Å². The molecule has 6 nitrogen and oxygen atoms in total. The zero-order valence-corrected chi connectivity index (χ0v) is 14.4. The molecule has 2 N–H and O–H groups in total. The molecule has 0 saturated carbocycles. The number of hydrogen-bond acceptors (Lipinski definition) is 4. The summed E-state index contributed by atoms with van der Waals surface area (Å²) in [5.74, 6) is 1.39. The van der Waals surface area contributed by atoms with Gasteiger partial charge in [-0.25, -0.2) is 9.78 Å². The molecule has 0 fully saturated rings. The third kappa shape index (κ3) is 3.68. The van der Waals surface area contributed by atoms with Crippen LogP contribution >= 0.6 is 27.5 Å². The van der Waals surface area contributed by atoms with Crippen LogP contribution in [0.2, 0.25) is 5.15 Å². The normalized spacial score (nSPS) is 13.5. The molecule has 2 heterocycles. The van der Waals surface area contributed by atoms with Crippen LogP contribution in [0, 0.1) is 0 Å². The minimum Gasteiger partial charge on any atom is -0.454 e. The number of amides is 2. The van der Waals surface area contributed by atoms with Crippen molar-refractivity contribution in [3.05, 3.63) is 45.7 Å². The van der Waals surface area contributed by atoms with Crippen LogP contribution in [0.1, 0.15) is 18.5 Å². The van der Waals surface area contributed by atoms with E-state index in [4.69, 9.17) is 21.1 Å². The first-order chi connectivity index (χ1) is 11.0. The minimum atomic E-state index is -0.341. The molecule has 1 aliphatic rings. The highest BCUT2D eigenvalue weighted by atomic mass is 79.9. The lowest BCUT2D eigenvalue weighted by atomic mass is 10.1. The van der Waals surface area contributed by atoms with E-state index in [0.717, 1.165) is 5.56 Å². The van der Waals surface area contributed by atoms with E-state index in [1.807, 2.05) is 25.1 Å². The lowest BCUT2D eigenvalue weighted by Crippen LogP contribution is -2.31. The number of fused-ring (bicyclic) bond motifs is 1. The van der Waals surface area contributed by atoms with Gasteiger partial charge in [-0.05, 0) is 46.6 Å². The number of rotatable bonds is 3. The number of nitrogens with zero attached hydrogens (tertiary/aromatic N) is 1. The molecular weight excluding hydrogens is 386 g/mol. The highest BCUT2D eigenvalue weighted by Gasteiger charge is 2.17. The molecule has 1 aromatic heterocycles. The molecule has 0 radical (unpaired) electrons. The summed E-state index contributed by atoms with van der Waals surface area (Å²) < 4.78 is 11.2. The monoisotopic (exact) mass is 397 g/mol. The summed E-state index contributed by atoms with van der Waals surface area (Å²) in [6, 6.07) is 6.71. The summed E-state index contributed by atoms with van der Waals surface area (Å²) in [6.07, 6.45) is 1.48. The molecule has 2 aromatic rings. The Morgan fingerprint density at radius 3 is 2.91 bits per heavy atom. The Hall–Kier alpha value is -1.99. The predicted octanol–water partition coefficient (Wildman–Crippen LogP) is 4.11. The number of halogens is 2. The van der Waals surface area contributed by atoms with Crippen molar-refractivity contribution in [2.75, 3.05) is 12.1 Å². The van der Waals surface area contributed by atoms with Gasteiger partial charge in [0.05, 0.1) is 22.4 Å². The molecule has 0 bridgehead atoms. The van der Waals surface area contributed by atoms with Crippen molar-refractivity contribution in [3.63, 3.8) is 0 Å². The summed E-state index contributed by atoms with van der Waals surface area (Å²) >= 11 is 9.08. The fourth-order valence-corrected chi connectivity index (χ4v) is 2.57. The van der Waals surface area contributed by atoms with Gasteiger partial charge in [0.15, 0.2) is 11.5 Å². The van der Waals surface area contributed by atoms with Gasteiger partial charge in [-0.1, -0.05) is 17.7 Å². The third-order valence-corrected chi connectivity index (χ3v) is 4.43. The molecule has 8 heteroatoms. The maximum atomic E-state index is 12.1. The van der Waals surface area contributed by atoms with E-state index in [1.54, 1.807) is 6.07 Å². The van der Waals surface area contributed by atoms with Gasteiger partial charge >= 0.3 is 6.03 Å². The smallest absolute Gasteiger partial charge is 0.319 e.